The Morgan fingerprint density at radius 3 is 2.72 bits per heavy atom. The van der Waals surface area contributed by atoms with Crippen molar-refractivity contribution in [3.05, 3.63) is 23.4 Å². The van der Waals surface area contributed by atoms with Gasteiger partial charge in [-0.1, -0.05) is 6.92 Å². The van der Waals surface area contributed by atoms with Gasteiger partial charge in [0.2, 0.25) is 0 Å². The summed E-state index contributed by atoms with van der Waals surface area (Å²) in [7, 11) is 0. The molecule has 2 rings (SSSR count). The Morgan fingerprint density at radius 2 is 2.11 bits per heavy atom. The van der Waals surface area contributed by atoms with Crippen molar-refractivity contribution in [1.29, 1.82) is 0 Å². The van der Waals surface area contributed by atoms with Crippen molar-refractivity contribution in [2.45, 2.75) is 52.6 Å². The van der Waals surface area contributed by atoms with Gasteiger partial charge < -0.3 is 10.2 Å². The SMILES string of the molecule is CCCNCc1cc(C)nc(N(CC)C2CC2)c1. The van der Waals surface area contributed by atoms with E-state index in [9.17, 15) is 0 Å². The Bertz CT molecular complexity index is 385. The molecule has 0 aromatic carbocycles. The van der Waals surface area contributed by atoms with E-state index in [1.165, 1.54) is 24.8 Å². The highest BCUT2D eigenvalue weighted by Crippen LogP contribution is 2.30. The molecule has 3 heteroatoms. The lowest BCUT2D eigenvalue weighted by molar-refractivity contribution is 0.673. The molecule has 18 heavy (non-hydrogen) atoms. The molecule has 1 aromatic rings. The largest absolute Gasteiger partial charge is 0.354 e. The minimum Gasteiger partial charge on any atom is -0.354 e. The average molecular weight is 247 g/mol. The molecule has 0 aliphatic heterocycles. The number of anilines is 1. The first-order chi connectivity index (χ1) is 8.74. The van der Waals surface area contributed by atoms with Crippen LogP contribution in [-0.2, 0) is 6.54 Å². The molecule has 0 bridgehead atoms. The molecule has 1 fully saturated rings. The smallest absolute Gasteiger partial charge is 0.129 e. The third-order valence-electron chi connectivity index (χ3n) is 3.38. The van der Waals surface area contributed by atoms with Gasteiger partial charge in [-0.15, -0.1) is 0 Å². The summed E-state index contributed by atoms with van der Waals surface area (Å²) in [6, 6.07) is 5.17. The van der Waals surface area contributed by atoms with Gasteiger partial charge in [-0.2, -0.15) is 0 Å². The van der Waals surface area contributed by atoms with Gasteiger partial charge in [-0.25, -0.2) is 4.98 Å². The van der Waals surface area contributed by atoms with Crippen molar-refractivity contribution in [3.8, 4) is 0 Å². The Morgan fingerprint density at radius 1 is 1.33 bits per heavy atom. The van der Waals surface area contributed by atoms with Crippen LogP contribution >= 0.6 is 0 Å². The second-order valence-corrected chi connectivity index (χ2v) is 5.17. The maximum atomic E-state index is 4.69. The van der Waals surface area contributed by atoms with Gasteiger partial charge in [0, 0.05) is 24.8 Å². The molecule has 3 nitrogen and oxygen atoms in total. The van der Waals surface area contributed by atoms with Crippen LogP contribution in [0.1, 0.15) is 44.4 Å². The van der Waals surface area contributed by atoms with Crippen LogP contribution in [0, 0.1) is 6.92 Å². The number of pyridine rings is 1. The Hall–Kier alpha value is -1.09. The fraction of sp³-hybridized carbons (Fsp3) is 0.667. The molecule has 1 aliphatic rings. The van der Waals surface area contributed by atoms with Crippen molar-refractivity contribution in [2.24, 2.45) is 0 Å². The summed E-state index contributed by atoms with van der Waals surface area (Å²) in [4.78, 5) is 7.13. The lowest BCUT2D eigenvalue weighted by Gasteiger charge is -2.22. The van der Waals surface area contributed by atoms with Crippen molar-refractivity contribution >= 4 is 5.82 Å². The summed E-state index contributed by atoms with van der Waals surface area (Å²) in [5.74, 6) is 1.16. The standard InChI is InChI=1S/C15H25N3/c1-4-8-16-11-13-9-12(3)17-15(10-13)18(5-2)14-6-7-14/h9-10,14,16H,4-8,11H2,1-3H3. The summed E-state index contributed by atoms with van der Waals surface area (Å²) >= 11 is 0. The number of aromatic nitrogens is 1. The Balaban J connectivity index is 2.09. The van der Waals surface area contributed by atoms with Gasteiger partial charge in [0.25, 0.3) is 0 Å². The van der Waals surface area contributed by atoms with Gasteiger partial charge in [-0.3, -0.25) is 0 Å². The summed E-state index contributed by atoms with van der Waals surface area (Å²) in [6.45, 7) is 9.60. The zero-order chi connectivity index (χ0) is 13.0. The van der Waals surface area contributed by atoms with Crippen LogP contribution in [-0.4, -0.2) is 24.1 Å². The lowest BCUT2D eigenvalue weighted by atomic mass is 10.2. The molecule has 1 saturated carbocycles. The number of hydrogen-bond acceptors (Lipinski definition) is 3. The van der Waals surface area contributed by atoms with E-state index in [-0.39, 0.29) is 0 Å². The van der Waals surface area contributed by atoms with Crippen LogP contribution in [0.15, 0.2) is 12.1 Å². The predicted octanol–water partition coefficient (Wildman–Crippen LogP) is 2.88. The van der Waals surface area contributed by atoms with Crippen LogP contribution in [0.4, 0.5) is 5.82 Å². The van der Waals surface area contributed by atoms with Gasteiger partial charge in [0.1, 0.15) is 5.82 Å². The first kappa shape index (κ1) is 13.3. The first-order valence-corrected chi connectivity index (χ1v) is 7.19. The van der Waals surface area contributed by atoms with E-state index in [0.29, 0.717) is 0 Å². The van der Waals surface area contributed by atoms with Crippen molar-refractivity contribution in [2.75, 3.05) is 18.0 Å². The van der Waals surface area contributed by atoms with Crippen molar-refractivity contribution in [3.63, 3.8) is 0 Å². The Kier molecular flexibility index (Phi) is 4.59. The number of nitrogens with zero attached hydrogens (tertiary/aromatic N) is 2. The van der Waals surface area contributed by atoms with Gasteiger partial charge >= 0.3 is 0 Å². The average Bonchev–Trinajstić information content (AvgIpc) is 3.14. The third-order valence-corrected chi connectivity index (χ3v) is 3.38. The van der Waals surface area contributed by atoms with Crippen LogP contribution in [0.2, 0.25) is 0 Å². The molecule has 1 heterocycles. The highest BCUT2D eigenvalue weighted by molar-refractivity contribution is 5.45. The first-order valence-electron chi connectivity index (χ1n) is 7.19. The zero-order valence-corrected chi connectivity index (χ0v) is 11.9. The second kappa shape index (κ2) is 6.19. The minimum absolute atomic E-state index is 0.737. The normalized spacial score (nSPS) is 14.8. The fourth-order valence-electron chi connectivity index (χ4n) is 2.37. The van der Waals surface area contributed by atoms with E-state index in [2.05, 4.69) is 43.1 Å². The van der Waals surface area contributed by atoms with E-state index >= 15 is 0 Å². The summed E-state index contributed by atoms with van der Waals surface area (Å²) in [5, 5.41) is 3.46. The molecule has 1 N–H and O–H groups in total. The minimum atomic E-state index is 0.737. The van der Waals surface area contributed by atoms with Crippen molar-refractivity contribution < 1.29 is 0 Å². The molecule has 1 aliphatic carbocycles. The van der Waals surface area contributed by atoms with Gasteiger partial charge in [0.15, 0.2) is 0 Å². The van der Waals surface area contributed by atoms with Crippen LogP contribution in [0.25, 0.3) is 0 Å². The maximum absolute atomic E-state index is 4.69. The van der Waals surface area contributed by atoms with Gasteiger partial charge in [-0.05, 0) is 57.4 Å². The van der Waals surface area contributed by atoms with Crippen molar-refractivity contribution in [1.82, 2.24) is 10.3 Å². The molecule has 0 atom stereocenters. The molecule has 0 unspecified atom stereocenters. The van der Waals surface area contributed by atoms with E-state index < -0.39 is 0 Å². The van der Waals surface area contributed by atoms with E-state index in [1.54, 1.807) is 0 Å². The highest BCUT2D eigenvalue weighted by Gasteiger charge is 2.28. The second-order valence-electron chi connectivity index (χ2n) is 5.17. The molecule has 0 saturated heterocycles. The molecule has 0 radical (unpaired) electrons. The Labute approximate surface area is 111 Å². The van der Waals surface area contributed by atoms with E-state index in [4.69, 9.17) is 4.98 Å². The summed E-state index contributed by atoms with van der Waals surface area (Å²) in [6.07, 6.45) is 3.83. The number of rotatable bonds is 7. The highest BCUT2D eigenvalue weighted by atomic mass is 15.2. The summed E-state index contributed by atoms with van der Waals surface area (Å²) < 4.78 is 0. The van der Waals surface area contributed by atoms with Crippen LogP contribution in [0.3, 0.4) is 0 Å². The predicted molar refractivity (Wildman–Crippen MR) is 77.0 cm³/mol. The molecule has 1 aromatic heterocycles. The molecule has 0 spiro atoms. The molecular formula is C15H25N3. The molecule has 100 valence electrons. The third kappa shape index (κ3) is 3.45. The quantitative estimate of drug-likeness (QED) is 0.751. The summed E-state index contributed by atoms with van der Waals surface area (Å²) in [5.41, 5.74) is 2.48. The molecule has 0 amide bonds. The number of nitrogens with one attached hydrogen (secondary N) is 1. The van der Waals surface area contributed by atoms with Crippen LogP contribution in [0.5, 0.6) is 0 Å². The van der Waals surface area contributed by atoms with Gasteiger partial charge in [0.05, 0.1) is 0 Å². The fourth-order valence-corrected chi connectivity index (χ4v) is 2.37. The monoisotopic (exact) mass is 247 g/mol. The topological polar surface area (TPSA) is 28.2 Å². The zero-order valence-electron chi connectivity index (χ0n) is 11.9. The number of aryl methyl sites for hydroxylation is 1. The maximum Gasteiger partial charge on any atom is 0.129 e. The van der Waals surface area contributed by atoms with E-state index in [1.807, 2.05) is 0 Å². The lowest BCUT2D eigenvalue weighted by Crippen LogP contribution is -2.26. The number of hydrogen-bond donors (Lipinski definition) is 1. The van der Waals surface area contributed by atoms with Crippen LogP contribution < -0.4 is 10.2 Å². The van der Waals surface area contributed by atoms with E-state index in [0.717, 1.165) is 37.2 Å². The molecular weight excluding hydrogens is 222 g/mol.